The number of anilines is 1. The highest BCUT2D eigenvalue weighted by atomic mass is 31.2. The van der Waals surface area contributed by atoms with Crippen LogP contribution >= 0.6 is 8.53 Å². The molecule has 2 aromatic rings. The van der Waals surface area contributed by atoms with Gasteiger partial charge >= 0.3 is 5.97 Å². The molecule has 31 heavy (non-hydrogen) atoms. The molecule has 2 aromatic heterocycles. The number of aromatic nitrogens is 4. The Morgan fingerprint density at radius 3 is 2.90 bits per heavy atom. The maximum Gasteiger partial charge on any atom is 0.320 e. The van der Waals surface area contributed by atoms with Crippen LogP contribution in [0, 0.1) is 11.3 Å². The second-order valence-electron chi connectivity index (χ2n) is 7.89. The molecule has 0 unspecified atom stereocenters. The largest absolute Gasteiger partial charge is 0.464 e. The molecule has 3 heterocycles. The molecule has 4 N–H and O–H groups in total. The van der Waals surface area contributed by atoms with Crippen LogP contribution in [0.5, 0.6) is 0 Å². The second-order valence-corrected chi connectivity index (χ2v) is 9.24. The molecule has 12 heteroatoms. The lowest BCUT2D eigenvalue weighted by molar-refractivity contribution is -0.143. The number of carbonyl (C=O) groups excluding carboxylic acids is 1. The molecule has 2 aliphatic rings. The number of hydrogen-bond acceptors (Lipinski definition) is 9. The van der Waals surface area contributed by atoms with Gasteiger partial charge in [-0.3, -0.25) is 19.1 Å². The topological polar surface area (TPSA) is 146 Å². The number of nitrogens with zero attached hydrogens (tertiary/aromatic N) is 3. The Hall–Kier alpha value is -2.33. The number of nitrogen functional groups attached to an aromatic ring is 1. The molecular weight excluding hydrogens is 423 g/mol. The highest BCUT2D eigenvalue weighted by molar-refractivity contribution is 7.45. The van der Waals surface area contributed by atoms with E-state index in [1.165, 1.54) is 6.33 Å². The smallest absolute Gasteiger partial charge is 0.320 e. The van der Waals surface area contributed by atoms with Crippen molar-refractivity contribution >= 4 is 37.8 Å². The van der Waals surface area contributed by atoms with Crippen LogP contribution in [0.15, 0.2) is 16.7 Å². The van der Waals surface area contributed by atoms with Crippen molar-refractivity contribution in [2.75, 3.05) is 32.1 Å². The molecule has 1 aliphatic carbocycles. The van der Waals surface area contributed by atoms with Crippen molar-refractivity contribution in [2.45, 2.75) is 33.1 Å². The Morgan fingerprint density at radius 1 is 1.45 bits per heavy atom. The van der Waals surface area contributed by atoms with Crippen molar-refractivity contribution < 1.29 is 18.6 Å². The molecule has 0 atom stereocenters. The molecule has 0 radical (unpaired) electrons. The summed E-state index contributed by atoms with van der Waals surface area (Å²) in [5, 5.41) is 2.99. The summed E-state index contributed by atoms with van der Waals surface area (Å²) in [7, 11) is -1.33. The van der Waals surface area contributed by atoms with Crippen LogP contribution < -0.4 is 16.4 Å². The lowest BCUT2D eigenvalue weighted by Gasteiger charge is -2.28. The maximum atomic E-state index is 11.9. The van der Waals surface area contributed by atoms with Gasteiger partial charge in [0, 0.05) is 11.6 Å². The number of hydrogen-bond donors (Lipinski definition) is 3. The molecule has 0 bridgehead atoms. The first-order valence-corrected chi connectivity index (χ1v) is 11.5. The first-order chi connectivity index (χ1) is 14.9. The minimum atomic E-state index is -1.33. The molecule has 0 aromatic carbocycles. The van der Waals surface area contributed by atoms with Crippen LogP contribution in [0.25, 0.3) is 17.4 Å². The minimum Gasteiger partial charge on any atom is -0.464 e. The summed E-state index contributed by atoms with van der Waals surface area (Å²) in [4.78, 5) is 34.5. The van der Waals surface area contributed by atoms with Crippen LogP contribution in [0.2, 0.25) is 0 Å². The zero-order chi connectivity index (χ0) is 22.0. The average molecular weight is 450 g/mol. The molecule has 4 rings (SSSR count). The van der Waals surface area contributed by atoms with Crippen molar-refractivity contribution in [1.82, 2.24) is 24.6 Å². The van der Waals surface area contributed by atoms with E-state index in [0.717, 1.165) is 24.8 Å². The maximum absolute atomic E-state index is 11.9. The number of nitrogens with two attached hydrogens (primary N) is 1. The van der Waals surface area contributed by atoms with Gasteiger partial charge in [0.2, 0.25) is 5.95 Å². The first-order valence-electron chi connectivity index (χ1n) is 10.3. The van der Waals surface area contributed by atoms with Crippen molar-refractivity contribution in [3.05, 3.63) is 22.3 Å². The standard InChI is InChI=1S/C19H27N6O5P/c1-3-12(4-2)8-28-14(26)6-22-31-29-9-19(10-30-31)5-13(19)7-25-11-21-15-16(25)23-18(20)24-17(15)27/h7,11-12,22H,3-6,8-10H2,1-2H3,(H3,20,23,24,27)/b13-7-. The summed E-state index contributed by atoms with van der Waals surface area (Å²) in [6, 6.07) is 0. The van der Waals surface area contributed by atoms with Gasteiger partial charge in [-0.05, 0) is 17.9 Å². The molecule has 1 spiro atoms. The monoisotopic (exact) mass is 450 g/mol. The normalized spacial score (nSPS) is 24.4. The van der Waals surface area contributed by atoms with Crippen molar-refractivity contribution in [3.8, 4) is 0 Å². The quantitative estimate of drug-likeness (QED) is 0.404. The fourth-order valence-corrected chi connectivity index (χ4v) is 4.69. The number of ether oxygens (including phenoxy) is 1. The van der Waals surface area contributed by atoms with E-state index in [-0.39, 0.29) is 35.0 Å². The van der Waals surface area contributed by atoms with E-state index in [2.05, 4.69) is 33.9 Å². The summed E-state index contributed by atoms with van der Waals surface area (Å²) in [5.74, 6) is 0.139. The third-order valence-corrected chi connectivity index (χ3v) is 6.88. The zero-order valence-electron chi connectivity index (χ0n) is 17.6. The van der Waals surface area contributed by atoms with E-state index in [4.69, 9.17) is 19.5 Å². The van der Waals surface area contributed by atoms with Crippen molar-refractivity contribution in [3.63, 3.8) is 0 Å². The van der Waals surface area contributed by atoms with E-state index >= 15 is 0 Å². The number of aromatic amines is 1. The fraction of sp³-hybridized carbons (Fsp3) is 0.579. The van der Waals surface area contributed by atoms with Crippen molar-refractivity contribution in [1.29, 1.82) is 0 Å². The molecule has 168 valence electrons. The molecule has 2 fully saturated rings. The van der Waals surface area contributed by atoms with E-state index < -0.39 is 8.53 Å². The van der Waals surface area contributed by atoms with Crippen LogP contribution in [0.3, 0.4) is 0 Å². The van der Waals surface area contributed by atoms with Gasteiger partial charge in [0.1, 0.15) is 12.9 Å². The van der Waals surface area contributed by atoms with Gasteiger partial charge in [-0.15, -0.1) is 0 Å². The van der Waals surface area contributed by atoms with Crippen LogP contribution in [-0.4, -0.2) is 51.9 Å². The van der Waals surface area contributed by atoms with Gasteiger partial charge in [-0.2, -0.15) is 4.98 Å². The van der Waals surface area contributed by atoms with Gasteiger partial charge in [0.15, 0.2) is 11.2 Å². The van der Waals surface area contributed by atoms with E-state index in [1.54, 1.807) is 4.57 Å². The Bertz CT molecular complexity index is 1040. The molecule has 1 saturated heterocycles. The number of esters is 1. The number of rotatable bonds is 8. The number of imidazole rings is 1. The summed E-state index contributed by atoms with van der Waals surface area (Å²) >= 11 is 0. The Balaban J connectivity index is 1.28. The van der Waals surface area contributed by atoms with Gasteiger partial charge in [-0.25, -0.2) is 10.1 Å². The van der Waals surface area contributed by atoms with Gasteiger partial charge in [0.25, 0.3) is 14.1 Å². The van der Waals surface area contributed by atoms with Gasteiger partial charge < -0.3 is 19.5 Å². The SMILES string of the molecule is CCC(CC)COC(=O)CNP1OCC2(CO1)C/C2=C/n1cnc2c(=O)[nH]c(N)nc21. The lowest BCUT2D eigenvalue weighted by atomic mass is 10.1. The molecular formula is C19H27N6O5P. The number of H-pyrrole nitrogens is 1. The summed E-state index contributed by atoms with van der Waals surface area (Å²) in [6.07, 6.45) is 6.22. The minimum absolute atomic E-state index is 0.0441. The zero-order valence-corrected chi connectivity index (χ0v) is 18.5. The Kier molecular flexibility index (Phi) is 6.38. The van der Waals surface area contributed by atoms with E-state index in [1.807, 2.05) is 6.20 Å². The van der Waals surface area contributed by atoms with E-state index in [0.29, 0.717) is 31.4 Å². The summed E-state index contributed by atoms with van der Waals surface area (Å²) in [6.45, 7) is 5.66. The molecule has 1 aliphatic heterocycles. The molecule has 1 saturated carbocycles. The number of fused-ring (bicyclic) bond motifs is 1. The van der Waals surface area contributed by atoms with Gasteiger partial charge in [0.05, 0.1) is 19.8 Å². The highest BCUT2D eigenvalue weighted by Gasteiger charge is 2.53. The van der Waals surface area contributed by atoms with Crippen LogP contribution in [0.1, 0.15) is 33.1 Å². The third-order valence-electron chi connectivity index (χ3n) is 5.73. The van der Waals surface area contributed by atoms with Gasteiger partial charge in [-0.1, -0.05) is 26.7 Å². The summed E-state index contributed by atoms with van der Waals surface area (Å²) < 4.78 is 18.6. The predicted molar refractivity (Wildman–Crippen MR) is 116 cm³/mol. The van der Waals surface area contributed by atoms with E-state index in [9.17, 15) is 9.59 Å². The third kappa shape index (κ3) is 4.79. The van der Waals surface area contributed by atoms with Crippen LogP contribution in [-0.2, 0) is 18.6 Å². The second kappa shape index (κ2) is 9.04. The highest BCUT2D eigenvalue weighted by Crippen LogP contribution is 2.59. The average Bonchev–Trinajstić information content (AvgIpc) is 3.25. The first kappa shape index (κ1) is 21.9. The van der Waals surface area contributed by atoms with Crippen molar-refractivity contribution in [2.24, 2.45) is 11.3 Å². The predicted octanol–water partition coefficient (Wildman–Crippen LogP) is 1.78. The Labute approximate surface area is 180 Å². The summed E-state index contributed by atoms with van der Waals surface area (Å²) in [5.41, 5.74) is 6.84. The van der Waals surface area contributed by atoms with Crippen LogP contribution in [0.4, 0.5) is 5.95 Å². The lowest BCUT2D eigenvalue weighted by Crippen LogP contribution is -2.29. The number of nitrogens with one attached hydrogen (secondary N) is 2. The molecule has 11 nitrogen and oxygen atoms in total. The fourth-order valence-electron chi connectivity index (χ4n) is 3.45. The Morgan fingerprint density at radius 2 is 2.19 bits per heavy atom. The molecule has 0 amide bonds. The number of carbonyl (C=O) groups is 1.